The van der Waals surface area contributed by atoms with Crippen molar-refractivity contribution in [3.8, 4) is 5.75 Å². The van der Waals surface area contributed by atoms with E-state index in [2.05, 4.69) is 11.8 Å². The number of alkyl halides is 5. The Morgan fingerprint density at radius 1 is 1.05 bits per heavy atom. The van der Waals surface area contributed by atoms with Crippen molar-refractivity contribution in [2.75, 3.05) is 19.6 Å². The fourth-order valence-corrected chi connectivity index (χ4v) is 8.57. The minimum absolute atomic E-state index is 0.00296. The zero-order chi connectivity index (χ0) is 39.5. The molecule has 8 rings (SSSR count). The van der Waals surface area contributed by atoms with Gasteiger partial charge in [-0.2, -0.15) is 22.0 Å². The smallest absolute Gasteiger partial charge is 0.420 e. The van der Waals surface area contributed by atoms with Crippen molar-refractivity contribution in [1.82, 2.24) is 19.8 Å². The van der Waals surface area contributed by atoms with Gasteiger partial charge in [0.2, 0.25) is 11.8 Å². The summed E-state index contributed by atoms with van der Waals surface area (Å²) in [6, 6.07) is 12.5. The fourth-order valence-electron chi connectivity index (χ4n) is 8.57. The monoisotopic (exact) mass is 776 g/mol. The van der Waals surface area contributed by atoms with Gasteiger partial charge in [-0.3, -0.25) is 14.6 Å². The molecule has 0 bridgehead atoms. The summed E-state index contributed by atoms with van der Waals surface area (Å²) in [5.41, 5.74) is 0.939. The van der Waals surface area contributed by atoms with Crippen LogP contribution >= 0.6 is 0 Å². The van der Waals surface area contributed by atoms with Crippen molar-refractivity contribution in [2.24, 2.45) is 11.8 Å². The number of hydrogen-bond donors (Lipinski definition) is 1. The van der Waals surface area contributed by atoms with Crippen LogP contribution in [-0.4, -0.2) is 63.1 Å². The molecular weight excluding hydrogens is 735 g/mol. The van der Waals surface area contributed by atoms with E-state index >= 15 is 0 Å². The molecule has 1 N–H and O–H groups in total. The van der Waals surface area contributed by atoms with Gasteiger partial charge in [-0.25, -0.2) is 9.97 Å². The zero-order valence-corrected chi connectivity index (χ0v) is 31.1. The first-order chi connectivity index (χ1) is 26.7. The van der Waals surface area contributed by atoms with Crippen LogP contribution in [0.1, 0.15) is 72.7 Å². The number of hydrogen-bond acceptors (Lipinski definition) is 8. The van der Waals surface area contributed by atoms with Crippen molar-refractivity contribution in [1.29, 1.82) is 0 Å². The number of carbonyl (C=O) groups is 1. The van der Waals surface area contributed by atoms with Crippen LogP contribution in [0.3, 0.4) is 0 Å². The molecule has 3 aromatic carbocycles. The van der Waals surface area contributed by atoms with Crippen molar-refractivity contribution in [3.63, 3.8) is 0 Å². The second kappa shape index (κ2) is 14.5. The van der Waals surface area contributed by atoms with Crippen molar-refractivity contribution in [3.05, 3.63) is 106 Å². The first-order valence-electron chi connectivity index (χ1n) is 18.8. The predicted molar refractivity (Wildman–Crippen MR) is 198 cm³/mol. The summed E-state index contributed by atoms with van der Waals surface area (Å²) in [7, 11) is 0. The number of ether oxygens (including phenoxy) is 1. The molecule has 4 heterocycles. The van der Waals surface area contributed by atoms with E-state index in [0.29, 0.717) is 37.4 Å². The number of fused-ring (bicyclic) bond motifs is 2. The number of aryl methyl sites for hydroxylation is 1. The average molecular weight is 777 g/mol. The van der Waals surface area contributed by atoms with Gasteiger partial charge < -0.3 is 18.7 Å². The van der Waals surface area contributed by atoms with Gasteiger partial charge >= 0.3 is 18.8 Å². The lowest BCUT2D eigenvalue weighted by Crippen LogP contribution is -2.45. The Hall–Kier alpha value is -5.08. The first kappa shape index (κ1) is 37.8. The lowest BCUT2D eigenvalue weighted by Gasteiger charge is -2.39. The highest BCUT2D eigenvalue weighted by molar-refractivity contribution is 5.81. The van der Waals surface area contributed by atoms with Gasteiger partial charge in [0.15, 0.2) is 11.2 Å². The molecule has 2 unspecified atom stereocenters. The number of oxazole rings is 2. The van der Waals surface area contributed by atoms with E-state index in [-0.39, 0.29) is 46.3 Å². The second-order valence-corrected chi connectivity index (χ2v) is 15.2. The number of aliphatic carboxylic acids is 1. The summed E-state index contributed by atoms with van der Waals surface area (Å²) in [4.78, 5) is 25.4. The van der Waals surface area contributed by atoms with Gasteiger partial charge in [-0.15, -0.1) is 0 Å². The van der Waals surface area contributed by atoms with Crippen LogP contribution in [0.15, 0.2) is 75.6 Å². The molecule has 2 saturated heterocycles. The standard InChI is InChI=1S/C42H41F5N4O5/c1-4-25-19-50(20-25)21-26-15-30(42(45,46)47)36-32(16-26)49-39(56-36)41(13-7-11-29(24(41)3)28-10-6-5-9-23(28)2)38-48-31-17-27(22-51-14-8-12-33(51)37(52)53)34(55-40(43)44)18-35(31)54-38/h5-7,9-11,13,15-18,24-25,33,40H,4,8,12,14,19-22H2,1-3H3,(H,52,53)/t24?,33-,41?/m0/s1. The molecule has 9 nitrogen and oxygen atoms in total. The Morgan fingerprint density at radius 2 is 1.80 bits per heavy atom. The van der Waals surface area contributed by atoms with E-state index in [1.807, 2.05) is 44.2 Å². The largest absolute Gasteiger partial charge is 0.480 e. The van der Waals surface area contributed by atoms with Crippen molar-refractivity contribution < 1.29 is 45.4 Å². The van der Waals surface area contributed by atoms with Crippen molar-refractivity contribution >= 4 is 33.7 Å². The molecule has 2 aromatic heterocycles. The molecule has 5 aromatic rings. The summed E-state index contributed by atoms with van der Waals surface area (Å²) >= 11 is 0. The second-order valence-electron chi connectivity index (χ2n) is 15.2. The molecule has 2 aliphatic heterocycles. The third-order valence-corrected chi connectivity index (χ3v) is 11.6. The van der Waals surface area contributed by atoms with Crippen LogP contribution in [0.2, 0.25) is 0 Å². The number of allylic oxidation sites excluding steroid dienone is 4. The minimum atomic E-state index is -4.75. The maximum atomic E-state index is 14.8. The molecule has 2 fully saturated rings. The van der Waals surface area contributed by atoms with Gasteiger partial charge in [-0.1, -0.05) is 62.8 Å². The van der Waals surface area contributed by atoms with E-state index < -0.39 is 47.3 Å². The number of carboxylic acids is 1. The Bertz CT molecular complexity index is 2360. The maximum Gasteiger partial charge on any atom is 0.420 e. The predicted octanol–water partition coefficient (Wildman–Crippen LogP) is 9.36. The Morgan fingerprint density at radius 3 is 2.52 bits per heavy atom. The summed E-state index contributed by atoms with van der Waals surface area (Å²) in [5.74, 6) is -1.33. The van der Waals surface area contributed by atoms with Gasteiger partial charge in [0.1, 0.15) is 33.8 Å². The Labute approximate surface area is 319 Å². The topological polar surface area (TPSA) is 105 Å². The molecule has 14 heteroatoms. The number of nitrogens with zero attached hydrogens (tertiary/aromatic N) is 4. The molecule has 3 atom stereocenters. The molecule has 1 aliphatic carbocycles. The number of likely N-dealkylation sites (tertiary alicyclic amines) is 2. The molecule has 56 heavy (non-hydrogen) atoms. The normalized spacial score (nSPS) is 22.3. The lowest BCUT2D eigenvalue weighted by atomic mass is 9.67. The highest BCUT2D eigenvalue weighted by Gasteiger charge is 2.50. The maximum absolute atomic E-state index is 14.8. The fraction of sp³-hybridized carbons (Fsp3) is 0.405. The zero-order valence-electron chi connectivity index (χ0n) is 31.1. The highest BCUT2D eigenvalue weighted by atomic mass is 19.4. The number of carboxylic acid groups (broad SMARTS) is 1. The van der Waals surface area contributed by atoms with Crippen LogP contribution in [0.25, 0.3) is 27.8 Å². The molecule has 294 valence electrons. The van der Waals surface area contributed by atoms with Crippen molar-refractivity contribution in [2.45, 2.75) is 77.4 Å². The van der Waals surface area contributed by atoms with E-state index in [9.17, 15) is 31.9 Å². The first-order valence-corrected chi connectivity index (χ1v) is 18.8. The van der Waals surface area contributed by atoms with Gasteiger partial charge in [0.25, 0.3) is 0 Å². The van der Waals surface area contributed by atoms with Crippen LogP contribution in [0, 0.1) is 18.8 Å². The summed E-state index contributed by atoms with van der Waals surface area (Å²) in [5, 5.41) is 9.77. The number of halogens is 5. The van der Waals surface area contributed by atoms with E-state index in [1.54, 1.807) is 23.1 Å². The molecule has 0 amide bonds. The summed E-state index contributed by atoms with van der Waals surface area (Å²) in [6.45, 7) is 5.17. The van der Waals surface area contributed by atoms with Gasteiger partial charge in [0, 0.05) is 43.7 Å². The molecule has 0 spiro atoms. The lowest BCUT2D eigenvalue weighted by molar-refractivity contribution is -0.142. The molecule has 0 radical (unpaired) electrons. The molecule has 3 aliphatic rings. The highest BCUT2D eigenvalue weighted by Crippen LogP contribution is 2.51. The summed E-state index contributed by atoms with van der Waals surface area (Å²) in [6.07, 6.45) is 2.74. The van der Waals surface area contributed by atoms with Gasteiger partial charge in [-0.05, 0) is 72.7 Å². The van der Waals surface area contributed by atoms with Crippen LogP contribution < -0.4 is 4.74 Å². The number of rotatable bonds is 11. The quantitative estimate of drug-likeness (QED) is 0.131. The third kappa shape index (κ3) is 6.76. The molecular formula is C42H41F5N4O5. The Kier molecular flexibility index (Phi) is 9.76. The van der Waals surface area contributed by atoms with E-state index in [0.717, 1.165) is 42.3 Å². The summed E-state index contributed by atoms with van der Waals surface area (Å²) < 4.78 is 89.5. The minimum Gasteiger partial charge on any atom is -0.480 e. The van der Waals surface area contributed by atoms with E-state index in [1.165, 1.54) is 12.1 Å². The number of benzene rings is 3. The van der Waals surface area contributed by atoms with Gasteiger partial charge in [0.05, 0.1) is 0 Å². The van der Waals surface area contributed by atoms with Crippen LogP contribution in [-0.2, 0) is 29.5 Å². The Balaban J connectivity index is 1.29. The van der Waals surface area contributed by atoms with Crippen LogP contribution in [0.4, 0.5) is 22.0 Å². The SMILES string of the molecule is CCC1CN(Cc2cc(C(F)(F)F)c3oc(C4(c5nc6cc(CN7CCC[C@H]7C(=O)O)c(OC(F)F)cc6o5)C=CC=C(c5ccccc5C)C4C)nc3c2)C1. The van der Waals surface area contributed by atoms with Crippen LogP contribution in [0.5, 0.6) is 5.75 Å². The molecule has 0 saturated carbocycles. The van der Waals surface area contributed by atoms with E-state index in [4.69, 9.17) is 23.5 Å². The number of aromatic nitrogens is 2. The average Bonchev–Trinajstić information content (AvgIpc) is 3.88. The third-order valence-electron chi connectivity index (χ3n) is 11.6.